The molecule has 1 aromatic rings. The number of ether oxygens (including phenoxy) is 1. The maximum absolute atomic E-state index is 11.1. The van der Waals surface area contributed by atoms with E-state index in [1.54, 1.807) is 13.2 Å². The summed E-state index contributed by atoms with van der Waals surface area (Å²) in [6.07, 6.45) is 0.943. The van der Waals surface area contributed by atoms with Crippen molar-refractivity contribution >= 4 is 11.4 Å². The third-order valence-electron chi connectivity index (χ3n) is 3.01. The van der Waals surface area contributed by atoms with Crippen LogP contribution in [0.5, 0.6) is 0 Å². The minimum absolute atomic E-state index is 0.134. The summed E-state index contributed by atoms with van der Waals surface area (Å²) in [5.74, 6) is 0. The molecule has 0 aliphatic rings. The Morgan fingerprint density at radius 2 is 2.20 bits per heavy atom. The van der Waals surface area contributed by atoms with Gasteiger partial charge >= 0.3 is 0 Å². The van der Waals surface area contributed by atoms with Gasteiger partial charge in [-0.3, -0.25) is 10.1 Å². The molecule has 0 unspecified atom stereocenters. The highest BCUT2D eigenvalue weighted by Crippen LogP contribution is 2.28. The second-order valence-corrected chi connectivity index (χ2v) is 4.68. The zero-order valence-corrected chi connectivity index (χ0v) is 12.4. The zero-order valence-electron chi connectivity index (χ0n) is 12.4. The van der Waals surface area contributed by atoms with Crippen molar-refractivity contribution in [2.45, 2.75) is 19.9 Å². The largest absolute Gasteiger partial charge is 0.385 e. The Labute approximate surface area is 119 Å². The van der Waals surface area contributed by atoms with Crippen LogP contribution in [0.15, 0.2) is 18.2 Å². The van der Waals surface area contributed by atoms with Crippen LogP contribution in [0.25, 0.3) is 0 Å². The molecule has 0 heterocycles. The number of rotatable bonds is 9. The van der Waals surface area contributed by atoms with Gasteiger partial charge < -0.3 is 15.0 Å². The number of hydrogen-bond donors (Lipinski definition) is 1. The van der Waals surface area contributed by atoms with Crippen molar-refractivity contribution in [3.63, 3.8) is 0 Å². The number of nitro groups is 1. The molecule has 6 heteroatoms. The first kappa shape index (κ1) is 16.4. The van der Waals surface area contributed by atoms with E-state index in [2.05, 4.69) is 10.2 Å². The number of benzene rings is 1. The number of nitrogens with zero attached hydrogens (tertiary/aromatic N) is 2. The lowest BCUT2D eigenvalue weighted by Gasteiger charge is -2.19. The van der Waals surface area contributed by atoms with E-state index in [4.69, 9.17) is 4.74 Å². The quantitative estimate of drug-likeness (QED) is 0.428. The fourth-order valence-electron chi connectivity index (χ4n) is 2.10. The molecule has 0 aliphatic heterocycles. The van der Waals surface area contributed by atoms with Gasteiger partial charge in [-0.2, -0.15) is 0 Å². The summed E-state index contributed by atoms with van der Waals surface area (Å²) < 4.78 is 5.03. The average molecular weight is 281 g/mol. The van der Waals surface area contributed by atoms with E-state index in [-0.39, 0.29) is 10.6 Å². The van der Waals surface area contributed by atoms with Crippen molar-refractivity contribution in [3.8, 4) is 0 Å². The summed E-state index contributed by atoms with van der Waals surface area (Å²) in [5, 5.41) is 14.2. The smallest absolute Gasteiger partial charge is 0.292 e. The van der Waals surface area contributed by atoms with Crippen LogP contribution in [0.1, 0.15) is 18.9 Å². The maximum Gasteiger partial charge on any atom is 0.292 e. The van der Waals surface area contributed by atoms with Gasteiger partial charge in [0, 0.05) is 39.4 Å². The van der Waals surface area contributed by atoms with Crippen molar-refractivity contribution in [1.82, 2.24) is 4.90 Å². The van der Waals surface area contributed by atoms with Crippen LogP contribution in [-0.4, -0.2) is 43.7 Å². The molecular weight excluding hydrogens is 258 g/mol. The van der Waals surface area contributed by atoms with Crippen molar-refractivity contribution < 1.29 is 9.66 Å². The zero-order chi connectivity index (χ0) is 15.0. The SMILES string of the molecule is CCNc1c(CN(C)CCCOC)cccc1[N+](=O)[O-]. The molecular formula is C14H23N3O3. The number of nitro benzene ring substituents is 1. The summed E-state index contributed by atoms with van der Waals surface area (Å²) in [4.78, 5) is 12.9. The number of methoxy groups -OCH3 is 1. The molecule has 0 aliphatic carbocycles. The fourth-order valence-corrected chi connectivity index (χ4v) is 2.10. The molecule has 1 rings (SSSR count). The number of nitrogens with one attached hydrogen (secondary N) is 1. The Kier molecular flexibility index (Phi) is 6.97. The Hall–Kier alpha value is -1.66. The van der Waals surface area contributed by atoms with Crippen LogP contribution < -0.4 is 5.32 Å². The van der Waals surface area contributed by atoms with Crippen molar-refractivity contribution in [2.24, 2.45) is 0 Å². The molecule has 0 amide bonds. The first-order chi connectivity index (χ1) is 9.60. The van der Waals surface area contributed by atoms with E-state index in [1.807, 2.05) is 20.0 Å². The molecule has 0 bridgehead atoms. The summed E-state index contributed by atoms with van der Waals surface area (Å²) >= 11 is 0. The lowest BCUT2D eigenvalue weighted by molar-refractivity contribution is -0.384. The van der Waals surface area contributed by atoms with E-state index in [9.17, 15) is 10.1 Å². The van der Waals surface area contributed by atoms with Gasteiger partial charge in [0.1, 0.15) is 5.69 Å². The van der Waals surface area contributed by atoms with Gasteiger partial charge in [0.05, 0.1) is 4.92 Å². The van der Waals surface area contributed by atoms with Crippen molar-refractivity contribution in [2.75, 3.05) is 39.2 Å². The monoisotopic (exact) mass is 281 g/mol. The minimum Gasteiger partial charge on any atom is -0.385 e. The van der Waals surface area contributed by atoms with Gasteiger partial charge in [0.2, 0.25) is 0 Å². The van der Waals surface area contributed by atoms with Gasteiger partial charge in [-0.25, -0.2) is 0 Å². The highest BCUT2D eigenvalue weighted by atomic mass is 16.6. The van der Waals surface area contributed by atoms with Gasteiger partial charge in [0.25, 0.3) is 5.69 Å². The third kappa shape index (κ3) is 4.79. The van der Waals surface area contributed by atoms with Crippen LogP contribution in [0, 0.1) is 10.1 Å². The van der Waals surface area contributed by atoms with Gasteiger partial charge in [-0.15, -0.1) is 0 Å². The molecule has 1 N–H and O–H groups in total. The van der Waals surface area contributed by atoms with Crippen LogP contribution in [0.3, 0.4) is 0 Å². The highest BCUT2D eigenvalue weighted by molar-refractivity contribution is 5.66. The molecule has 112 valence electrons. The third-order valence-corrected chi connectivity index (χ3v) is 3.01. The molecule has 0 spiro atoms. The number of para-hydroxylation sites is 1. The standard InChI is InChI=1S/C14H23N3O3/c1-4-15-14-12(7-5-8-13(14)17(18)19)11-16(2)9-6-10-20-3/h5,7-8,15H,4,6,9-11H2,1-3H3. The van der Waals surface area contributed by atoms with E-state index < -0.39 is 0 Å². The second-order valence-electron chi connectivity index (χ2n) is 4.68. The highest BCUT2D eigenvalue weighted by Gasteiger charge is 2.17. The Morgan fingerprint density at radius 3 is 2.80 bits per heavy atom. The molecule has 0 saturated carbocycles. The summed E-state index contributed by atoms with van der Waals surface area (Å²) in [7, 11) is 3.69. The summed E-state index contributed by atoms with van der Waals surface area (Å²) in [6, 6.07) is 5.20. The molecule has 20 heavy (non-hydrogen) atoms. The predicted octanol–water partition coefficient (Wildman–Crippen LogP) is 2.49. The van der Waals surface area contributed by atoms with Crippen LogP contribution in [0.4, 0.5) is 11.4 Å². The van der Waals surface area contributed by atoms with Crippen LogP contribution >= 0.6 is 0 Å². The van der Waals surface area contributed by atoms with E-state index in [1.165, 1.54) is 6.07 Å². The normalized spacial score (nSPS) is 10.8. The Balaban J connectivity index is 2.82. The molecule has 0 fully saturated rings. The maximum atomic E-state index is 11.1. The molecule has 0 radical (unpaired) electrons. The van der Waals surface area contributed by atoms with E-state index in [0.717, 1.165) is 25.1 Å². The molecule has 6 nitrogen and oxygen atoms in total. The summed E-state index contributed by atoms with van der Waals surface area (Å²) in [6.45, 7) is 4.88. The topological polar surface area (TPSA) is 67.6 Å². The van der Waals surface area contributed by atoms with E-state index in [0.29, 0.717) is 18.8 Å². The van der Waals surface area contributed by atoms with E-state index >= 15 is 0 Å². The fraction of sp³-hybridized carbons (Fsp3) is 0.571. The van der Waals surface area contributed by atoms with Crippen LogP contribution in [0.2, 0.25) is 0 Å². The predicted molar refractivity (Wildman–Crippen MR) is 80.1 cm³/mol. The summed E-state index contributed by atoms with van der Waals surface area (Å²) in [5.41, 5.74) is 1.70. The first-order valence-electron chi connectivity index (χ1n) is 6.77. The van der Waals surface area contributed by atoms with Crippen molar-refractivity contribution in [3.05, 3.63) is 33.9 Å². The minimum atomic E-state index is -0.341. The Bertz CT molecular complexity index is 438. The number of hydrogen-bond acceptors (Lipinski definition) is 5. The first-order valence-corrected chi connectivity index (χ1v) is 6.77. The van der Waals surface area contributed by atoms with Gasteiger partial charge in [-0.1, -0.05) is 12.1 Å². The average Bonchev–Trinajstić information content (AvgIpc) is 2.41. The molecule has 0 saturated heterocycles. The Morgan fingerprint density at radius 1 is 1.45 bits per heavy atom. The lowest BCUT2D eigenvalue weighted by Crippen LogP contribution is -2.21. The molecule has 0 atom stereocenters. The van der Waals surface area contributed by atoms with Crippen molar-refractivity contribution in [1.29, 1.82) is 0 Å². The number of anilines is 1. The van der Waals surface area contributed by atoms with Gasteiger partial charge in [0.15, 0.2) is 0 Å². The lowest BCUT2D eigenvalue weighted by atomic mass is 10.1. The second kappa shape index (κ2) is 8.50. The van der Waals surface area contributed by atoms with Gasteiger partial charge in [-0.05, 0) is 26.0 Å². The molecule has 1 aromatic carbocycles. The molecule has 0 aromatic heterocycles. The van der Waals surface area contributed by atoms with Crippen LogP contribution in [-0.2, 0) is 11.3 Å².